The number of carbonyl (C=O) groups is 2. The zero-order chi connectivity index (χ0) is 19.3. The highest BCUT2D eigenvalue weighted by Gasteiger charge is 2.17. The number of nitrogens with one attached hydrogen (secondary N) is 2. The van der Waals surface area contributed by atoms with Crippen molar-refractivity contribution in [3.05, 3.63) is 69.2 Å². The van der Waals surface area contributed by atoms with Crippen LogP contribution in [0.15, 0.2) is 42.5 Å². The Kier molecular flexibility index (Phi) is 7.06. The number of amides is 2. The predicted octanol–water partition coefficient (Wildman–Crippen LogP) is 4.76. The molecule has 0 fully saturated rings. The smallest absolute Gasteiger partial charge is 0.271 e. The van der Waals surface area contributed by atoms with Crippen molar-refractivity contribution in [1.82, 2.24) is 10.9 Å². The van der Waals surface area contributed by atoms with E-state index in [1.807, 2.05) is 24.3 Å². The number of halogens is 2. The first-order valence-electron chi connectivity index (χ1n) is 8.42. The van der Waals surface area contributed by atoms with Gasteiger partial charge in [-0.2, -0.15) is 0 Å². The summed E-state index contributed by atoms with van der Waals surface area (Å²) in [4.78, 5) is 24.4. The molecule has 2 rings (SSSR count). The maximum atomic E-state index is 12.3. The topological polar surface area (TPSA) is 58.2 Å². The lowest BCUT2D eigenvalue weighted by atomic mass is 9.96. The third kappa shape index (κ3) is 5.48. The number of rotatable bonds is 5. The maximum Gasteiger partial charge on any atom is 0.271 e. The molecule has 2 aromatic rings. The van der Waals surface area contributed by atoms with Crippen LogP contribution in [0.2, 0.25) is 10.0 Å². The minimum Gasteiger partial charge on any atom is -0.273 e. The molecule has 0 saturated carbocycles. The van der Waals surface area contributed by atoms with E-state index in [-0.39, 0.29) is 16.5 Å². The molecule has 6 heteroatoms. The van der Waals surface area contributed by atoms with Gasteiger partial charge in [0.2, 0.25) is 5.91 Å². The van der Waals surface area contributed by atoms with Crippen LogP contribution in [0.25, 0.3) is 0 Å². The zero-order valence-electron chi connectivity index (χ0n) is 15.0. The third-order valence-corrected chi connectivity index (χ3v) is 4.54. The Morgan fingerprint density at radius 3 is 2.19 bits per heavy atom. The molecule has 0 unspecified atom stereocenters. The van der Waals surface area contributed by atoms with Crippen LogP contribution < -0.4 is 10.9 Å². The summed E-state index contributed by atoms with van der Waals surface area (Å²) in [6.07, 6.45) is 0.999. The molecule has 2 aromatic carbocycles. The van der Waals surface area contributed by atoms with Gasteiger partial charge < -0.3 is 0 Å². The first-order chi connectivity index (χ1) is 12.3. The molecule has 0 aliphatic carbocycles. The van der Waals surface area contributed by atoms with Crippen LogP contribution in [0.5, 0.6) is 0 Å². The molecule has 0 aliphatic heterocycles. The molecule has 0 aliphatic rings. The summed E-state index contributed by atoms with van der Waals surface area (Å²) in [5.74, 6) is -0.625. The van der Waals surface area contributed by atoms with Crippen LogP contribution in [0, 0.1) is 5.92 Å². The van der Waals surface area contributed by atoms with Gasteiger partial charge in [0.15, 0.2) is 0 Å². The summed E-state index contributed by atoms with van der Waals surface area (Å²) >= 11 is 11.8. The van der Waals surface area contributed by atoms with Crippen LogP contribution in [0.3, 0.4) is 0 Å². The molecule has 0 aromatic heterocycles. The van der Waals surface area contributed by atoms with Gasteiger partial charge in [0, 0.05) is 5.02 Å². The Bertz CT molecular complexity index is 789. The first-order valence-corrected chi connectivity index (χ1v) is 9.17. The second-order valence-electron chi connectivity index (χ2n) is 6.63. The van der Waals surface area contributed by atoms with Gasteiger partial charge in [0.1, 0.15) is 0 Å². The number of hydrogen-bond acceptors (Lipinski definition) is 2. The minimum atomic E-state index is -0.500. The molecule has 2 N–H and O–H groups in total. The van der Waals surface area contributed by atoms with Crippen molar-refractivity contribution in [3.63, 3.8) is 0 Å². The monoisotopic (exact) mass is 392 g/mol. The molecule has 1 atom stereocenters. The van der Waals surface area contributed by atoms with Gasteiger partial charge >= 0.3 is 0 Å². The number of hydrazine groups is 1. The highest BCUT2D eigenvalue weighted by Crippen LogP contribution is 2.21. The van der Waals surface area contributed by atoms with Crippen molar-refractivity contribution >= 4 is 35.0 Å². The summed E-state index contributed by atoms with van der Waals surface area (Å²) in [5, 5.41) is 0.656. The van der Waals surface area contributed by atoms with Gasteiger partial charge in [-0.3, -0.25) is 20.4 Å². The number of carbonyl (C=O) groups excluding carboxylic acids is 2. The van der Waals surface area contributed by atoms with Gasteiger partial charge in [-0.1, -0.05) is 61.3 Å². The van der Waals surface area contributed by atoms with E-state index in [0.29, 0.717) is 10.9 Å². The molecular weight excluding hydrogens is 371 g/mol. The standard InChI is InChI=1S/C20H22Cl2N2O2/c1-12(2)10-14-4-6-15(7-5-14)13(3)19(25)23-24-20(26)17-9-8-16(21)11-18(17)22/h4-9,11-13H,10H2,1-3H3,(H,23,25)(H,24,26)/t13-/m0/s1. The van der Waals surface area contributed by atoms with Gasteiger partial charge in [-0.05, 0) is 48.6 Å². The Labute approximate surface area is 163 Å². The second-order valence-corrected chi connectivity index (χ2v) is 7.47. The molecule has 0 bridgehead atoms. The van der Waals surface area contributed by atoms with E-state index in [1.165, 1.54) is 17.7 Å². The van der Waals surface area contributed by atoms with Crippen molar-refractivity contribution < 1.29 is 9.59 Å². The third-order valence-electron chi connectivity index (χ3n) is 3.99. The lowest BCUT2D eigenvalue weighted by Crippen LogP contribution is -2.43. The molecular formula is C20H22Cl2N2O2. The molecule has 0 radical (unpaired) electrons. The van der Waals surface area contributed by atoms with E-state index in [0.717, 1.165) is 12.0 Å². The van der Waals surface area contributed by atoms with Crippen molar-refractivity contribution in [2.75, 3.05) is 0 Å². The summed E-state index contributed by atoms with van der Waals surface area (Å²) in [6, 6.07) is 12.5. The highest BCUT2D eigenvalue weighted by atomic mass is 35.5. The van der Waals surface area contributed by atoms with Crippen LogP contribution in [-0.2, 0) is 11.2 Å². The first kappa shape index (κ1) is 20.3. The molecule has 4 nitrogen and oxygen atoms in total. The average molecular weight is 393 g/mol. The number of hydrogen-bond donors (Lipinski definition) is 2. The average Bonchev–Trinajstić information content (AvgIpc) is 2.59. The molecule has 2 amide bonds. The Hall–Kier alpha value is -2.04. The molecule has 138 valence electrons. The van der Waals surface area contributed by atoms with Crippen LogP contribution >= 0.6 is 23.2 Å². The fourth-order valence-corrected chi connectivity index (χ4v) is 3.03. The van der Waals surface area contributed by atoms with E-state index in [4.69, 9.17) is 23.2 Å². The van der Waals surface area contributed by atoms with E-state index < -0.39 is 11.8 Å². The van der Waals surface area contributed by atoms with Gasteiger partial charge in [-0.25, -0.2) is 0 Å². The SMILES string of the molecule is CC(C)Cc1ccc([C@H](C)C(=O)NNC(=O)c2ccc(Cl)cc2Cl)cc1. The van der Waals surface area contributed by atoms with Crippen LogP contribution in [0.1, 0.15) is 48.2 Å². The second kappa shape index (κ2) is 9.06. The van der Waals surface area contributed by atoms with E-state index in [1.54, 1.807) is 13.0 Å². The van der Waals surface area contributed by atoms with Gasteiger partial charge in [-0.15, -0.1) is 0 Å². The summed E-state index contributed by atoms with van der Waals surface area (Å²) < 4.78 is 0. The van der Waals surface area contributed by atoms with E-state index >= 15 is 0 Å². The fraction of sp³-hybridized carbons (Fsp3) is 0.300. The molecule has 0 heterocycles. The molecule has 26 heavy (non-hydrogen) atoms. The molecule has 0 spiro atoms. The predicted molar refractivity (Wildman–Crippen MR) is 105 cm³/mol. The lowest BCUT2D eigenvalue weighted by molar-refractivity contribution is -0.123. The summed E-state index contributed by atoms with van der Waals surface area (Å²) in [7, 11) is 0. The molecule has 0 saturated heterocycles. The van der Waals surface area contributed by atoms with Gasteiger partial charge in [0.25, 0.3) is 5.91 Å². The van der Waals surface area contributed by atoms with Crippen LogP contribution in [0.4, 0.5) is 0 Å². The Morgan fingerprint density at radius 2 is 1.62 bits per heavy atom. The largest absolute Gasteiger partial charge is 0.273 e. The quantitative estimate of drug-likeness (QED) is 0.720. The zero-order valence-corrected chi connectivity index (χ0v) is 16.5. The van der Waals surface area contributed by atoms with Crippen molar-refractivity contribution in [1.29, 1.82) is 0 Å². The van der Waals surface area contributed by atoms with Crippen molar-refractivity contribution in [2.24, 2.45) is 5.92 Å². The lowest BCUT2D eigenvalue weighted by Gasteiger charge is -2.14. The van der Waals surface area contributed by atoms with Crippen molar-refractivity contribution in [2.45, 2.75) is 33.1 Å². The van der Waals surface area contributed by atoms with E-state index in [9.17, 15) is 9.59 Å². The highest BCUT2D eigenvalue weighted by molar-refractivity contribution is 6.36. The van der Waals surface area contributed by atoms with Gasteiger partial charge in [0.05, 0.1) is 16.5 Å². The minimum absolute atomic E-state index is 0.220. The fourth-order valence-electron chi connectivity index (χ4n) is 2.53. The maximum absolute atomic E-state index is 12.3. The van der Waals surface area contributed by atoms with Crippen LogP contribution in [-0.4, -0.2) is 11.8 Å². The van der Waals surface area contributed by atoms with Crippen molar-refractivity contribution in [3.8, 4) is 0 Å². The summed E-state index contributed by atoms with van der Waals surface area (Å²) in [5.41, 5.74) is 7.18. The summed E-state index contributed by atoms with van der Waals surface area (Å²) in [6.45, 7) is 6.12. The van der Waals surface area contributed by atoms with E-state index in [2.05, 4.69) is 24.7 Å². The Balaban J connectivity index is 1.95. The normalized spacial score (nSPS) is 11.9. The number of benzene rings is 2. The Morgan fingerprint density at radius 1 is 0.962 bits per heavy atom.